The van der Waals surface area contributed by atoms with Crippen LogP contribution in [0.3, 0.4) is 0 Å². The molecule has 1 atom stereocenters. The largest absolute Gasteiger partial charge is 0.462 e. The van der Waals surface area contributed by atoms with Crippen LogP contribution in [0.2, 0.25) is 0 Å². The number of nitro groups is 1. The van der Waals surface area contributed by atoms with Crippen molar-refractivity contribution in [2.24, 2.45) is 0 Å². The smallest absolute Gasteiger partial charge is 0.338 e. The molecule has 0 radical (unpaired) electrons. The molecular weight excluding hydrogens is 374 g/mol. The number of carbonyl (C=O) groups is 1. The summed E-state index contributed by atoms with van der Waals surface area (Å²) >= 11 is 0. The fourth-order valence-corrected chi connectivity index (χ4v) is 3.48. The Hall–Kier alpha value is -3.23. The highest BCUT2D eigenvalue weighted by Crippen LogP contribution is 2.38. The second-order valence-corrected chi connectivity index (χ2v) is 6.96. The minimum absolute atomic E-state index is 0.0847. The summed E-state index contributed by atoms with van der Waals surface area (Å²) in [7, 11) is 0. The molecule has 1 unspecified atom stereocenters. The van der Waals surface area contributed by atoms with Crippen LogP contribution in [-0.2, 0) is 9.53 Å². The minimum Gasteiger partial charge on any atom is -0.462 e. The third-order valence-corrected chi connectivity index (χ3v) is 4.92. The monoisotopic (exact) mass is 399 g/mol. The van der Waals surface area contributed by atoms with Crippen molar-refractivity contribution in [3.8, 4) is 0 Å². The van der Waals surface area contributed by atoms with Gasteiger partial charge in [-0.05, 0) is 19.4 Å². The molecule has 3 rings (SSSR count). The molecule has 1 aromatic carbocycles. The molecule has 0 saturated carbocycles. The van der Waals surface area contributed by atoms with Crippen LogP contribution >= 0.6 is 0 Å². The molecule has 1 aliphatic heterocycles. The predicted molar refractivity (Wildman–Crippen MR) is 107 cm³/mol. The van der Waals surface area contributed by atoms with Crippen LogP contribution in [0, 0.1) is 10.1 Å². The molecule has 2 heterocycles. The topological polar surface area (TPSA) is 112 Å². The number of hydrogen-bond acceptors (Lipinski definition) is 7. The number of unbranched alkanes of at least 4 members (excludes halogenated alkanes) is 4. The van der Waals surface area contributed by atoms with Gasteiger partial charge in [-0.2, -0.15) is 10.1 Å². The number of rotatable bonds is 9. The molecule has 9 heteroatoms. The van der Waals surface area contributed by atoms with E-state index in [-0.39, 0.29) is 5.69 Å². The first-order valence-corrected chi connectivity index (χ1v) is 9.82. The molecule has 0 saturated heterocycles. The van der Waals surface area contributed by atoms with E-state index < -0.39 is 16.9 Å². The zero-order chi connectivity index (χ0) is 20.8. The highest BCUT2D eigenvalue weighted by atomic mass is 16.6. The summed E-state index contributed by atoms with van der Waals surface area (Å²) < 4.78 is 6.99. The first kappa shape index (κ1) is 20.5. The van der Waals surface area contributed by atoms with E-state index in [4.69, 9.17) is 4.74 Å². The number of carbonyl (C=O) groups excluding carboxylic acids is 1. The summed E-state index contributed by atoms with van der Waals surface area (Å²) in [6, 6.07) is 5.55. The lowest BCUT2D eigenvalue weighted by Crippen LogP contribution is -2.30. The Morgan fingerprint density at radius 1 is 1.28 bits per heavy atom. The maximum absolute atomic E-state index is 12.9. The number of esters is 1. The van der Waals surface area contributed by atoms with E-state index in [1.807, 2.05) is 0 Å². The Kier molecular flexibility index (Phi) is 6.58. The molecule has 154 valence electrons. The van der Waals surface area contributed by atoms with Gasteiger partial charge in [-0.3, -0.25) is 10.1 Å². The van der Waals surface area contributed by atoms with Crippen molar-refractivity contribution in [3.63, 3.8) is 0 Å². The van der Waals surface area contributed by atoms with Crippen LogP contribution < -0.4 is 5.32 Å². The van der Waals surface area contributed by atoms with Crippen molar-refractivity contribution in [1.82, 2.24) is 14.8 Å². The predicted octanol–water partition coefficient (Wildman–Crippen LogP) is 3.99. The number of para-hydroxylation sites is 1. The lowest BCUT2D eigenvalue weighted by Gasteiger charge is -2.28. The van der Waals surface area contributed by atoms with Gasteiger partial charge in [0.1, 0.15) is 12.4 Å². The van der Waals surface area contributed by atoms with E-state index in [9.17, 15) is 14.9 Å². The fraction of sp³-hybridized carbons (Fsp3) is 0.450. The number of anilines is 1. The Morgan fingerprint density at radius 2 is 2.03 bits per heavy atom. The number of benzene rings is 1. The van der Waals surface area contributed by atoms with E-state index in [1.54, 1.807) is 25.1 Å². The summed E-state index contributed by atoms with van der Waals surface area (Å²) in [6.07, 6.45) is 6.55. The van der Waals surface area contributed by atoms with Gasteiger partial charge in [0, 0.05) is 11.8 Å². The van der Waals surface area contributed by atoms with E-state index >= 15 is 0 Å². The van der Waals surface area contributed by atoms with E-state index in [2.05, 4.69) is 22.3 Å². The summed E-state index contributed by atoms with van der Waals surface area (Å²) in [5.41, 5.74) is 1.12. The number of nitro benzene ring substituents is 1. The number of hydrogen-bond donors (Lipinski definition) is 1. The summed E-state index contributed by atoms with van der Waals surface area (Å²) in [5, 5.41) is 18.8. The molecule has 0 bridgehead atoms. The van der Waals surface area contributed by atoms with Gasteiger partial charge < -0.3 is 10.1 Å². The molecule has 1 N–H and O–H groups in total. The van der Waals surface area contributed by atoms with Gasteiger partial charge in [0.25, 0.3) is 5.69 Å². The van der Waals surface area contributed by atoms with E-state index in [1.165, 1.54) is 17.1 Å². The Labute approximate surface area is 168 Å². The van der Waals surface area contributed by atoms with Gasteiger partial charge in [0.05, 0.1) is 22.7 Å². The van der Waals surface area contributed by atoms with E-state index in [0.717, 1.165) is 32.1 Å². The maximum atomic E-state index is 12.9. The zero-order valence-electron chi connectivity index (χ0n) is 16.6. The van der Waals surface area contributed by atoms with Crippen LogP contribution in [0.1, 0.15) is 57.6 Å². The summed E-state index contributed by atoms with van der Waals surface area (Å²) in [5.74, 6) is -0.0865. The average molecular weight is 399 g/mol. The molecule has 1 aliphatic rings. The number of fused-ring (bicyclic) bond motifs is 1. The van der Waals surface area contributed by atoms with Crippen molar-refractivity contribution >= 4 is 17.6 Å². The van der Waals surface area contributed by atoms with Crippen LogP contribution in [0.25, 0.3) is 0 Å². The first-order chi connectivity index (χ1) is 14.0. The molecule has 1 aromatic heterocycles. The second kappa shape index (κ2) is 9.31. The Balaban J connectivity index is 1.88. The second-order valence-electron chi connectivity index (χ2n) is 6.96. The van der Waals surface area contributed by atoms with Crippen LogP contribution in [0.4, 0.5) is 11.6 Å². The molecule has 0 amide bonds. The third kappa shape index (κ3) is 4.44. The lowest BCUT2D eigenvalue weighted by molar-refractivity contribution is -0.385. The number of ether oxygens (including phenoxy) is 1. The molecule has 2 aromatic rings. The zero-order valence-corrected chi connectivity index (χ0v) is 16.6. The lowest BCUT2D eigenvalue weighted by atomic mass is 9.94. The first-order valence-electron chi connectivity index (χ1n) is 9.82. The van der Waals surface area contributed by atoms with Crippen LogP contribution in [0.5, 0.6) is 0 Å². The highest BCUT2D eigenvalue weighted by molar-refractivity contribution is 5.92. The fourth-order valence-electron chi connectivity index (χ4n) is 3.48. The number of nitrogens with zero attached hydrogens (tertiary/aromatic N) is 4. The number of aromatic nitrogens is 3. The van der Waals surface area contributed by atoms with Gasteiger partial charge in [-0.15, -0.1) is 0 Å². The SMILES string of the molecule is CCCCCCCOC(=O)C1=C(C)Nc2ncnn2C1c1ccccc1[N+](=O)[O-]. The Bertz CT molecular complexity index is 921. The quantitative estimate of drug-likeness (QED) is 0.294. The third-order valence-electron chi connectivity index (χ3n) is 4.92. The van der Waals surface area contributed by atoms with Gasteiger partial charge in [0.2, 0.25) is 5.95 Å². The average Bonchev–Trinajstić information content (AvgIpc) is 3.17. The van der Waals surface area contributed by atoms with Gasteiger partial charge in [-0.25, -0.2) is 9.48 Å². The highest BCUT2D eigenvalue weighted by Gasteiger charge is 2.37. The molecule has 29 heavy (non-hydrogen) atoms. The standard InChI is InChI=1S/C20H25N5O4/c1-3-4-5-6-9-12-29-19(26)17-14(2)23-20-21-13-22-24(20)18(17)15-10-7-8-11-16(15)25(27)28/h7-8,10-11,13,18H,3-6,9,12H2,1-2H3,(H,21,22,23). The van der Waals surface area contributed by atoms with Gasteiger partial charge >= 0.3 is 5.97 Å². The maximum Gasteiger partial charge on any atom is 0.338 e. The minimum atomic E-state index is -0.789. The van der Waals surface area contributed by atoms with Crippen molar-refractivity contribution in [2.45, 2.75) is 52.0 Å². The summed E-state index contributed by atoms with van der Waals surface area (Å²) in [4.78, 5) is 28.2. The number of nitrogens with one attached hydrogen (secondary N) is 1. The molecule has 9 nitrogen and oxygen atoms in total. The van der Waals surface area contributed by atoms with Crippen molar-refractivity contribution in [2.75, 3.05) is 11.9 Å². The molecule has 0 fully saturated rings. The normalized spacial score (nSPS) is 15.6. The van der Waals surface area contributed by atoms with E-state index in [0.29, 0.717) is 29.4 Å². The van der Waals surface area contributed by atoms with Crippen molar-refractivity contribution in [3.05, 3.63) is 57.5 Å². The molecule has 0 aliphatic carbocycles. The molecule has 0 spiro atoms. The molecular formula is C20H25N5O4. The van der Waals surface area contributed by atoms with Crippen LogP contribution in [0.15, 0.2) is 41.9 Å². The van der Waals surface area contributed by atoms with Crippen molar-refractivity contribution in [1.29, 1.82) is 0 Å². The van der Waals surface area contributed by atoms with Gasteiger partial charge in [0.15, 0.2) is 0 Å². The number of allylic oxidation sites excluding steroid dienone is 1. The Morgan fingerprint density at radius 3 is 2.79 bits per heavy atom. The van der Waals surface area contributed by atoms with Crippen LogP contribution in [-0.4, -0.2) is 32.3 Å². The van der Waals surface area contributed by atoms with Gasteiger partial charge in [-0.1, -0.05) is 44.7 Å². The summed E-state index contributed by atoms with van der Waals surface area (Å²) in [6.45, 7) is 4.19. The van der Waals surface area contributed by atoms with Crippen molar-refractivity contribution < 1.29 is 14.5 Å².